The lowest BCUT2D eigenvalue weighted by Gasteiger charge is -2.34. The third-order valence-electron chi connectivity index (χ3n) is 5.74. The Labute approximate surface area is 154 Å². The zero-order valence-corrected chi connectivity index (χ0v) is 16.3. The third-order valence-corrected chi connectivity index (χ3v) is 6.48. The van der Waals surface area contributed by atoms with Crippen LogP contribution < -0.4 is 5.32 Å². The molecule has 1 aliphatic heterocycles. The Balaban J connectivity index is 1.46. The van der Waals surface area contributed by atoms with Crippen molar-refractivity contribution < 1.29 is 4.79 Å². The Morgan fingerprint density at radius 3 is 2.88 bits per heavy atom. The molecular formula is C20H29BrN2O. The lowest BCUT2D eigenvalue weighted by atomic mass is 9.86. The summed E-state index contributed by atoms with van der Waals surface area (Å²) in [7, 11) is 2.16. The number of fused-ring (bicyclic) bond motifs is 1. The van der Waals surface area contributed by atoms with E-state index >= 15 is 0 Å². The van der Waals surface area contributed by atoms with E-state index in [2.05, 4.69) is 51.4 Å². The lowest BCUT2D eigenvalue weighted by Crippen LogP contribution is -2.45. The summed E-state index contributed by atoms with van der Waals surface area (Å²) >= 11 is 3.67. The zero-order valence-electron chi connectivity index (χ0n) is 14.7. The highest BCUT2D eigenvalue weighted by molar-refractivity contribution is 9.10. The molecule has 1 N–H and O–H groups in total. The fourth-order valence-corrected chi connectivity index (χ4v) is 4.70. The van der Waals surface area contributed by atoms with E-state index in [0.29, 0.717) is 12.5 Å². The van der Waals surface area contributed by atoms with Crippen LogP contribution in [0.25, 0.3) is 0 Å². The number of benzene rings is 1. The first-order chi connectivity index (χ1) is 11.6. The van der Waals surface area contributed by atoms with Gasteiger partial charge in [-0.05, 0) is 43.0 Å². The van der Waals surface area contributed by atoms with Gasteiger partial charge in [-0.25, -0.2) is 0 Å². The molecule has 1 atom stereocenters. The van der Waals surface area contributed by atoms with Crippen LogP contribution in [-0.4, -0.2) is 30.4 Å². The van der Waals surface area contributed by atoms with Gasteiger partial charge in [0.15, 0.2) is 0 Å². The van der Waals surface area contributed by atoms with E-state index in [-0.39, 0.29) is 5.91 Å². The maximum Gasteiger partial charge on any atom is 0.220 e. The number of amides is 1. The van der Waals surface area contributed by atoms with Crippen LogP contribution in [-0.2, 0) is 17.8 Å². The molecule has 0 spiro atoms. The largest absolute Gasteiger partial charge is 0.355 e. The van der Waals surface area contributed by atoms with Gasteiger partial charge in [0.05, 0.1) is 0 Å². The smallest absolute Gasteiger partial charge is 0.220 e. The minimum Gasteiger partial charge on any atom is -0.355 e. The third kappa shape index (κ3) is 4.60. The summed E-state index contributed by atoms with van der Waals surface area (Å²) in [6.45, 7) is 1.71. The van der Waals surface area contributed by atoms with E-state index in [0.717, 1.165) is 31.8 Å². The Bertz CT molecular complexity index is 569. The summed E-state index contributed by atoms with van der Waals surface area (Å²) in [4.78, 5) is 14.6. The van der Waals surface area contributed by atoms with Crippen molar-refractivity contribution in [1.29, 1.82) is 0 Å². The number of carbonyl (C=O) groups excluding carboxylic acids is 1. The van der Waals surface area contributed by atoms with Gasteiger partial charge in [-0.1, -0.05) is 60.2 Å². The van der Waals surface area contributed by atoms with Crippen molar-refractivity contribution in [2.75, 3.05) is 13.6 Å². The van der Waals surface area contributed by atoms with Gasteiger partial charge in [0, 0.05) is 30.0 Å². The maximum absolute atomic E-state index is 12.2. The molecule has 132 valence electrons. The van der Waals surface area contributed by atoms with Crippen LogP contribution >= 0.6 is 15.9 Å². The first-order valence-corrected chi connectivity index (χ1v) is 10.2. The Morgan fingerprint density at radius 1 is 1.29 bits per heavy atom. The highest BCUT2D eigenvalue weighted by atomic mass is 79.9. The average Bonchev–Trinajstić information content (AvgIpc) is 2.59. The van der Waals surface area contributed by atoms with Crippen LogP contribution in [0.4, 0.5) is 0 Å². The van der Waals surface area contributed by atoms with Crippen LogP contribution in [0, 0.1) is 5.92 Å². The van der Waals surface area contributed by atoms with Crippen LogP contribution in [0.15, 0.2) is 22.7 Å². The van der Waals surface area contributed by atoms with Crippen molar-refractivity contribution in [3.05, 3.63) is 33.8 Å². The molecule has 3 rings (SSSR count). The number of hydrogen-bond donors (Lipinski definition) is 1. The summed E-state index contributed by atoms with van der Waals surface area (Å²) < 4.78 is 1.20. The zero-order chi connectivity index (χ0) is 16.9. The van der Waals surface area contributed by atoms with Crippen LogP contribution in [0.1, 0.15) is 56.1 Å². The molecule has 1 aromatic carbocycles. The molecule has 1 saturated carbocycles. The summed E-state index contributed by atoms with van der Waals surface area (Å²) in [5.41, 5.74) is 2.80. The number of hydrogen-bond acceptors (Lipinski definition) is 2. The van der Waals surface area contributed by atoms with Crippen LogP contribution in [0.2, 0.25) is 0 Å². The average molecular weight is 393 g/mol. The van der Waals surface area contributed by atoms with Crippen molar-refractivity contribution in [2.45, 2.75) is 64.0 Å². The van der Waals surface area contributed by atoms with Crippen molar-refractivity contribution in [1.82, 2.24) is 10.2 Å². The molecule has 4 heteroatoms. The standard InChI is InChI=1S/C20H29BrN2O/c1-23-14-16-8-5-9-19(21)18(16)12-17(23)13-22-20(24)11-10-15-6-3-2-4-7-15/h5,8-9,15,17H,2-4,6-7,10-14H2,1H3,(H,22,24)/t17-/m1/s1. The molecular weight excluding hydrogens is 364 g/mol. The number of nitrogens with zero attached hydrogens (tertiary/aromatic N) is 1. The molecule has 1 heterocycles. The fraction of sp³-hybridized carbons (Fsp3) is 0.650. The molecule has 3 nitrogen and oxygen atoms in total. The first kappa shape index (κ1) is 17.9. The van der Waals surface area contributed by atoms with E-state index in [1.54, 1.807) is 0 Å². The maximum atomic E-state index is 12.2. The first-order valence-electron chi connectivity index (χ1n) is 9.36. The van der Waals surface area contributed by atoms with E-state index in [9.17, 15) is 4.79 Å². The van der Waals surface area contributed by atoms with Gasteiger partial charge in [0.1, 0.15) is 0 Å². The normalized spacial score (nSPS) is 22.2. The number of nitrogens with one attached hydrogen (secondary N) is 1. The van der Waals surface area contributed by atoms with Crippen molar-refractivity contribution in [2.24, 2.45) is 5.92 Å². The van der Waals surface area contributed by atoms with Gasteiger partial charge in [-0.15, -0.1) is 0 Å². The number of rotatable bonds is 5. The number of halogens is 1. The minimum atomic E-state index is 0.229. The fourth-order valence-electron chi connectivity index (χ4n) is 4.13. The second kappa shape index (κ2) is 8.48. The summed E-state index contributed by atoms with van der Waals surface area (Å²) in [6.07, 6.45) is 9.50. The van der Waals surface area contributed by atoms with Gasteiger partial charge in [0.25, 0.3) is 0 Å². The molecule has 1 aliphatic carbocycles. The summed E-state index contributed by atoms with van der Waals surface area (Å²) in [5.74, 6) is 1.01. The monoisotopic (exact) mass is 392 g/mol. The van der Waals surface area contributed by atoms with Gasteiger partial charge in [0.2, 0.25) is 5.91 Å². The molecule has 24 heavy (non-hydrogen) atoms. The Morgan fingerprint density at radius 2 is 2.08 bits per heavy atom. The molecule has 0 radical (unpaired) electrons. The lowest BCUT2D eigenvalue weighted by molar-refractivity contribution is -0.121. The molecule has 1 amide bonds. The molecule has 1 aromatic rings. The SMILES string of the molecule is CN1Cc2cccc(Br)c2C[C@@H]1CNC(=O)CCC1CCCCC1. The van der Waals surface area contributed by atoms with Crippen molar-refractivity contribution >= 4 is 21.8 Å². The van der Waals surface area contributed by atoms with E-state index in [1.165, 1.54) is 47.7 Å². The van der Waals surface area contributed by atoms with Crippen LogP contribution in [0.5, 0.6) is 0 Å². The molecule has 1 fully saturated rings. The highest BCUT2D eigenvalue weighted by Crippen LogP contribution is 2.29. The van der Waals surface area contributed by atoms with Crippen molar-refractivity contribution in [3.8, 4) is 0 Å². The van der Waals surface area contributed by atoms with Crippen LogP contribution in [0.3, 0.4) is 0 Å². The second-order valence-corrected chi connectivity index (χ2v) is 8.35. The summed E-state index contributed by atoms with van der Waals surface area (Å²) in [5, 5.41) is 3.18. The summed E-state index contributed by atoms with van der Waals surface area (Å²) in [6, 6.07) is 6.80. The molecule has 0 unspecified atom stereocenters. The van der Waals surface area contributed by atoms with E-state index in [4.69, 9.17) is 0 Å². The molecule has 0 saturated heterocycles. The highest BCUT2D eigenvalue weighted by Gasteiger charge is 2.25. The Kier molecular flexibility index (Phi) is 6.34. The topological polar surface area (TPSA) is 32.3 Å². The molecule has 0 aromatic heterocycles. The minimum absolute atomic E-state index is 0.229. The number of carbonyl (C=O) groups is 1. The predicted molar refractivity (Wildman–Crippen MR) is 102 cm³/mol. The van der Waals surface area contributed by atoms with E-state index in [1.807, 2.05) is 0 Å². The Hall–Kier alpha value is -0.870. The van der Waals surface area contributed by atoms with Crippen molar-refractivity contribution in [3.63, 3.8) is 0 Å². The van der Waals surface area contributed by atoms with Gasteiger partial charge >= 0.3 is 0 Å². The quantitative estimate of drug-likeness (QED) is 0.810. The molecule has 0 bridgehead atoms. The van der Waals surface area contributed by atoms with Gasteiger partial charge in [-0.3, -0.25) is 9.69 Å². The van der Waals surface area contributed by atoms with Gasteiger partial charge < -0.3 is 5.32 Å². The molecule has 2 aliphatic rings. The van der Waals surface area contributed by atoms with Gasteiger partial charge in [-0.2, -0.15) is 0 Å². The number of likely N-dealkylation sites (N-methyl/N-ethyl adjacent to an activating group) is 1. The van der Waals surface area contributed by atoms with E-state index < -0.39 is 0 Å². The second-order valence-electron chi connectivity index (χ2n) is 7.50. The predicted octanol–water partition coefficient (Wildman–Crippen LogP) is 4.28.